The maximum Gasteiger partial charge on any atom is 0.238 e. The molecule has 1 saturated heterocycles. The van der Waals surface area contributed by atoms with E-state index in [0.29, 0.717) is 23.8 Å². The predicted molar refractivity (Wildman–Crippen MR) is 131 cm³/mol. The monoisotopic (exact) mass is 479 g/mol. The number of carbonyl (C=O) groups excluding carboxylic acids is 2. The fourth-order valence-corrected chi connectivity index (χ4v) is 4.67. The van der Waals surface area contributed by atoms with Crippen molar-refractivity contribution in [1.29, 1.82) is 0 Å². The molecule has 1 heterocycles. The van der Waals surface area contributed by atoms with Gasteiger partial charge >= 0.3 is 0 Å². The van der Waals surface area contributed by atoms with Gasteiger partial charge in [-0.15, -0.1) is 0 Å². The lowest BCUT2D eigenvalue weighted by atomic mass is 10.1. The van der Waals surface area contributed by atoms with Crippen molar-refractivity contribution in [3.8, 4) is 0 Å². The number of hydrogen-bond acceptors (Lipinski definition) is 4. The molecule has 1 aliphatic rings. The maximum absolute atomic E-state index is 14.0. The van der Waals surface area contributed by atoms with Crippen LogP contribution in [0.15, 0.2) is 83.9 Å². The Kier molecular flexibility index (Phi) is 7.69. The summed E-state index contributed by atoms with van der Waals surface area (Å²) in [6.45, 7) is 0.433. The quantitative estimate of drug-likeness (QED) is 0.483. The average molecular weight is 480 g/mol. The average Bonchev–Trinajstić information content (AvgIpc) is 2.84. The third-order valence-electron chi connectivity index (χ3n) is 5.31. The van der Waals surface area contributed by atoms with Crippen LogP contribution in [-0.2, 0) is 16.0 Å². The van der Waals surface area contributed by atoms with Crippen molar-refractivity contribution >= 4 is 40.1 Å². The van der Waals surface area contributed by atoms with Crippen LogP contribution in [0.2, 0.25) is 0 Å². The number of nitrogens with zero attached hydrogens (tertiary/aromatic N) is 2. The molecule has 1 unspecified atom stereocenters. The lowest BCUT2D eigenvalue weighted by Gasteiger charge is -2.32. The van der Waals surface area contributed by atoms with Crippen molar-refractivity contribution in [3.05, 3.63) is 96.1 Å². The highest BCUT2D eigenvalue weighted by atomic mass is 32.2. The number of amides is 2. The van der Waals surface area contributed by atoms with E-state index in [0.717, 1.165) is 18.2 Å². The van der Waals surface area contributed by atoms with E-state index in [-0.39, 0.29) is 18.0 Å². The van der Waals surface area contributed by atoms with Crippen molar-refractivity contribution in [2.24, 2.45) is 4.99 Å². The summed E-state index contributed by atoms with van der Waals surface area (Å²) in [5.74, 6) is -1.65. The van der Waals surface area contributed by atoms with Crippen LogP contribution in [0, 0.1) is 11.6 Å². The summed E-state index contributed by atoms with van der Waals surface area (Å²) in [7, 11) is 0. The van der Waals surface area contributed by atoms with Gasteiger partial charge in [-0.2, -0.15) is 0 Å². The van der Waals surface area contributed by atoms with Gasteiger partial charge in [0, 0.05) is 13.0 Å². The lowest BCUT2D eigenvalue weighted by molar-refractivity contribution is -0.129. The van der Waals surface area contributed by atoms with E-state index in [1.807, 2.05) is 30.3 Å². The summed E-state index contributed by atoms with van der Waals surface area (Å²) in [5.41, 5.74) is 1.70. The number of amidine groups is 1. The highest BCUT2D eigenvalue weighted by molar-refractivity contribution is 8.15. The molecule has 4 rings (SSSR count). The Morgan fingerprint density at radius 2 is 1.71 bits per heavy atom. The SMILES string of the molecule is O=C(Nc1ccccc1F)C1CC(=O)N(CCCc2ccccc2)C(=Nc2ccc(F)cc2)S1. The standard InChI is InChI=1S/C26H23F2N3O2S/c27-19-12-14-20(15-13-19)29-26-31(16-6-9-18-7-2-1-3-8-18)24(32)17-23(34-26)25(33)30-22-11-5-4-10-21(22)28/h1-5,7-8,10-15,23H,6,9,16-17H2,(H,30,33). The first kappa shape index (κ1) is 23.6. The van der Waals surface area contributed by atoms with Crippen molar-refractivity contribution in [3.63, 3.8) is 0 Å². The summed E-state index contributed by atoms with van der Waals surface area (Å²) < 4.78 is 27.3. The molecule has 8 heteroatoms. The van der Waals surface area contributed by atoms with E-state index < -0.39 is 22.8 Å². The molecule has 1 fully saturated rings. The number of aryl methyl sites for hydroxylation is 1. The van der Waals surface area contributed by atoms with Gasteiger partial charge in [0.2, 0.25) is 11.8 Å². The topological polar surface area (TPSA) is 61.8 Å². The number of hydrogen-bond donors (Lipinski definition) is 1. The van der Waals surface area contributed by atoms with Crippen LogP contribution in [0.5, 0.6) is 0 Å². The Hall–Kier alpha value is -3.52. The Labute approximate surface area is 200 Å². The van der Waals surface area contributed by atoms with Gasteiger partial charge in [0.1, 0.15) is 16.9 Å². The van der Waals surface area contributed by atoms with Gasteiger partial charge < -0.3 is 5.32 Å². The Morgan fingerprint density at radius 3 is 2.44 bits per heavy atom. The fourth-order valence-electron chi connectivity index (χ4n) is 3.55. The minimum absolute atomic E-state index is 0.0290. The summed E-state index contributed by atoms with van der Waals surface area (Å²) in [6, 6.07) is 21.4. The molecule has 1 aliphatic heterocycles. The fraction of sp³-hybridized carbons (Fsp3) is 0.192. The number of carbonyl (C=O) groups is 2. The molecule has 1 N–H and O–H groups in total. The zero-order valence-corrected chi connectivity index (χ0v) is 19.1. The van der Waals surface area contributed by atoms with Crippen molar-refractivity contribution in [2.45, 2.75) is 24.5 Å². The zero-order valence-electron chi connectivity index (χ0n) is 18.3. The van der Waals surface area contributed by atoms with Gasteiger partial charge in [0.15, 0.2) is 5.17 Å². The Bertz CT molecular complexity index is 1190. The van der Waals surface area contributed by atoms with E-state index in [1.165, 1.54) is 48.0 Å². The molecule has 0 bridgehead atoms. The van der Waals surface area contributed by atoms with Crippen LogP contribution in [-0.4, -0.2) is 33.7 Å². The summed E-state index contributed by atoms with van der Waals surface area (Å²) in [5, 5.41) is 2.16. The molecule has 0 spiro atoms. The second-order valence-electron chi connectivity index (χ2n) is 7.79. The van der Waals surface area contributed by atoms with Gasteiger partial charge in [0.25, 0.3) is 0 Å². The van der Waals surface area contributed by atoms with Crippen LogP contribution in [0.4, 0.5) is 20.2 Å². The van der Waals surface area contributed by atoms with Crippen molar-refractivity contribution < 1.29 is 18.4 Å². The molecule has 0 aliphatic carbocycles. The van der Waals surface area contributed by atoms with Crippen LogP contribution < -0.4 is 5.32 Å². The summed E-state index contributed by atoms with van der Waals surface area (Å²) in [4.78, 5) is 32.0. The zero-order chi connectivity index (χ0) is 23.9. The van der Waals surface area contributed by atoms with E-state index in [1.54, 1.807) is 11.0 Å². The highest BCUT2D eigenvalue weighted by Gasteiger charge is 2.36. The van der Waals surface area contributed by atoms with Gasteiger partial charge in [0.05, 0.1) is 11.4 Å². The number of rotatable bonds is 7. The molecule has 34 heavy (non-hydrogen) atoms. The lowest BCUT2D eigenvalue weighted by Crippen LogP contribution is -2.45. The molecule has 5 nitrogen and oxygen atoms in total. The highest BCUT2D eigenvalue weighted by Crippen LogP contribution is 2.30. The number of anilines is 1. The van der Waals surface area contributed by atoms with Gasteiger partial charge in [-0.1, -0.05) is 54.2 Å². The molecular weight excluding hydrogens is 456 g/mol. The predicted octanol–water partition coefficient (Wildman–Crippen LogP) is 5.56. The van der Waals surface area contributed by atoms with Crippen LogP contribution >= 0.6 is 11.8 Å². The molecule has 2 amide bonds. The molecule has 3 aromatic carbocycles. The van der Waals surface area contributed by atoms with Crippen molar-refractivity contribution in [2.75, 3.05) is 11.9 Å². The van der Waals surface area contributed by atoms with Gasteiger partial charge in [-0.3, -0.25) is 14.5 Å². The largest absolute Gasteiger partial charge is 0.323 e. The van der Waals surface area contributed by atoms with Crippen LogP contribution in [0.3, 0.4) is 0 Å². The number of aliphatic imine (C=N–C) groups is 1. The molecule has 0 aromatic heterocycles. The normalized spacial score (nSPS) is 17.1. The first-order chi connectivity index (χ1) is 16.5. The number of thioether (sulfide) groups is 1. The summed E-state index contributed by atoms with van der Waals surface area (Å²) >= 11 is 1.15. The van der Waals surface area contributed by atoms with E-state index in [9.17, 15) is 18.4 Å². The molecule has 0 radical (unpaired) electrons. The second kappa shape index (κ2) is 11.1. The maximum atomic E-state index is 14.0. The third kappa shape index (κ3) is 6.08. The van der Waals surface area contributed by atoms with E-state index in [2.05, 4.69) is 10.3 Å². The Balaban J connectivity index is 1.51. The van der Waals surface area contributed by atoms with Gasteiger partial charge in [-0.05, 0) is 54.8 Å². The number of halogens is 2. The van der Waals surface area contributed by atoms with Crippen LogP contribution in [0.25, 0.3) is 0 Å². The minimum atomic E-state index is -0.767. The van der Waals surface area contributed by atoms with Gasteiger partial charge in [-0.25, -0.2) is 13.8 Å². The molecule has 3 aromatic rings. The second-order valence-corrected chi connectivity index (χ2v) is 8.95. The smallest absolute Gasteiger partial charge is 0.238 e. The number of benzene rings is 3. The third-order valence-corrected chi connectivity index (χ3v) is 6.49. The van der Waals surface area contributed by atoms with E-state index >= 15 is 0 Å². The molecular formula is C26H23F2N3O2S. The number of nitrogens with one attached hydrogen (secondary N) is 1. The minimum Gasteiger partial charge on any atom is -0.323 e. The first-order valence-electron chi connectivity index (χ1n) is 10.9. The number of para-hydroxylation sites is 1. The van der Waals surface area contributed by atoms with E-state index in [4.69, 9.17) is 0 Å². The molecule has 174 valence electrons. The van der Waals surface area contributed by atoms with Crippen LogP contribution in [0.1, 0.15) is 18.4 Å². The summed E-state index contributed by atoms with van der Waals surface area (Å²) in [6.07, 6.45) is 1.47. The Morgan fingerprint density at radius 1 is 1.00 bits per heavy atom. The molecule has 1 atom stereocenters. The van der Waals surface area contributed by atoms with Crippen molar-refractivity contribution in [1.82, 2.24) is 4.90 Å². The first-order valence-corrected chi connectivity index (χ1v) is 11.8. The molecule has 0 saturated carbocycles.